The second-order valence-corrected chi connectivity index (χ2v) is 5.71. The van der Waals surface area contributed by atoms with Crippen LogP contribution in [0.2, 0.25) is 0 Å². The Labute approximate surface area is 166 Å². The molecule has 3 aromatic heterocycles. The number of hydrogen-bond acceptors (Lipinski definition) is 8. The van der Waals surface area contributed by atoms with Crippen molar-refractivity contribution in [1.29, 1.82) is 31.6 Å². The molecular weight excluding hydrogens is 384 g/mol. The first kappa shape index (κ1) is 17.6. The minimum atomic E-state index is -0.400. The SMILES string of the molecule is N#Cc1c(C#N)n(C#N)c2c(c3cncnc3c3ccn(C#N)n(C#N)c32)n1C#N. The van der Waals surface area contributed by atoms with E-state index in [1.54, 1.807) is 12.1 Å². The first-order valence-corrected chi connectivity index (χ1v) is 7.97. The van der Waals surface area contributed by atoms with Gasteiger partial charge in [0.25, 0.3) is 0 Å². The van der Waals surface area contributed by atoms with Crippen molar-refractivity contribution in [2.75, 3.05) is 0 Å². The van der Waals surface area contributed by atoms with Crippen LogP contribution in [0, 0.1) is 68.5 Å². The highest BCUT2D eigenvalue weighted by molar-refractivity contribution is 6.21. The van der Waals surface area contributed by atoms with Gasteiger partial charge < -0.3 is 0 Å². The van der Waals surface area contributed by atoms with Crippen LogP contribution in [0.25, 0.3) is 32.8 Å². The summed E-state index contributed by atoms with van der Waals surface area (Å²) in [5.74, 6) is 0. The molecule has 3 heterocycles. The largest absolute Gasteiger partial charge is 0.244 e. The van der Waals surface area contributed by atoms with E-state index in [1.165, 1.54) is 24.8 Å². The van der Waals surface area contributed by atoms with Crippen molar-refractivity contribution in [2.45, 2.75) is 0 Å². The molecule has 0 N–H and O–H groups in total. The first-order chi connectivity index (χ1) is 14.7. The average molecular weight is 388 g/mol. The summed E-state index contributed by atoms with van der Waals surface area (Å²) in [6.07, 6.45) is 11.3. The lowest BCUT2D eigenvalue weighted by atomic mass is 10.1. The fraction of sp³-hybridized carbons (Fsp3) is 0. The Morgan fingerprint density at radius 2 is 1.40 bits per heavy atom. The summed E-state index contributed by atoms with van der Waals surface area (Å²) in [6.45, 7) is 0. The fourth-order valence-corrected chi connectivity index (χ4v) is 3.34. The van der Waals surface area contributed by atoms with E-state index in [1.807, 2.05) is 24.8 Å². The van der Waals surface area contributed by atoms with Crippen LogP contribution in [0.1, 0.15) is 11.4 Å². The quantitative estimate of drug-likeness (QED) is 0.403. The maximum atomic E-state index is 9.82. The smallest absolute Gasteiger partial charge is 0.206 e. The highest BCUT2D eigenvalue weighted by Gasteiger charge is 2.24. The molecule has 0 radical (unpaired) electrons. The van der Waals surface area contributed by atoms with Gasteiger partial charge in [-0.2, -0.15) is 40.9 Å². The van der Waals surface area contributed by atoms with Gasteiger partial charge in [-0.05, 0) is 6.07 Å². The molecule has 0 aliphatic rings. The van der Waals surface area contributed by atoms with E-state index < -0.39 is 5.69 Å². The summed E-state index contributed by atoms with van der Waals surface area (Å²) in [7, 11) is 0. The van der Waals surface area contributed by atoms with Crippen LogP contribution in [-0.2, 0) is 0 Å². The lowest BCUT2D eigenvalue weighted by molar-refractivity contribution is 0.766. The van der Waals surface area contributed by atoms with Crippen LogP contribution in [-0.4, -0.2) is 28.5 Å². The molecular formula is C18H4N12. The highest BCUT2D eigenvalue weighted by Crippen LogP contribution is 2.34. The van der Waals surface area contributed by atoms with Crippen LogP contribution in [0.15, 0.2) is 24.8 Å². The molecule has 0 aliphatic carbocycles. The van der Waals surface area contributed by atoms with Crippen molar-refractivity contribution in [3.05, 3.63) is 36.2 Å². The molecule has 0 saturated carbocycles. The molecule has 0 saturated heterocycles. The zero-order valence-electron chi connectivity index (χ0n) is 14.7. The van der Waals surface area contributed by atoms with E-state index in [-0.39, 0.29) is 22.2 Å². The monoisotopic (exact) mass is 388 g/mol. The van der Waals surface area contributed by atoms with Crippen LogP contribution in [0.3, 0.4) is 0 Å². The second-order valence-electron chi connectivity index (χ2n) is 5.71. The van der Waals surface area contributed by atoms with Crippen molar-refractivity contribution in [3.8, 4) is 36.9 Å². The summed E-state index contributed by atoms with van der Waals surface area (Å²) in [4.78, 5) is 8.20. The number of nitrogens with zero attached hydrogens (tertiary/aromatic N) is 12. The minimum absolute atomic E-state index is 0.0296. The lowest BCUT2D eigenvalue weighted by Gasteiger charge is -2.17. The maximum Gasteiger partial charge on any atom is 0.206 e. The van der Waals surface area contributed by atoms with E-state index >= 15 is 0 Å². The standard InChI is InChI=1S/C18H4N12/c19-3-13-14(4-20)29(8-23)18-16(28(13)7-22)12-5-25-10-26-15(12)11-1-2-27(6-21)30(9-24)17(11)18/h1-2,5,10H. The Morgan fingerprint density at radius 3 is 1.97 bits per heavy atom. The summed E-state index contributed by atoms with van der Waals surface area (Å²) >= 11 is 0. The molecule has 0 unspecified atom stereocenters. The molecule has 0 amide bonds. The van der Waals surface area contributed by atoms with Gasteiger partial charge >= 0.3 is 0 Å². The third kappa shape index (κ3) is 2.02. The maximum absolute atomic E-state index is 9.82. The van der Waals surface area contributed by atoms with Gasteiger partial charge in [-0.1, -0.05) is 0 Å². The van der Waals surface area contributed by atoms with Gasteiger partial charge in [0.05, 0.1) is 11.0 Å². The summed E-state index contributed by atoms with van der Waals surface area (Å²) in [5.41, 5.74) is -0.386. The molecule has 12 heteroatoms. The van der Waals surface area contributed by atoms with E-state index in [0.29, 0.717) is 16.3 Å². The van der Waals surface area contributed by atoms with Gasteiger partial charge in [-0.15, -0.1) is 0 Å². The number of nitriles is 6. The summed E-state index contributed by atoms with van der Waals surface area (Å²) < 4.78 is 3.56. The normalized spacial score (nSPS) is 9.80. The van der Waals surface area contributed by atoms with Crippen molar-refractivity contribution < 1.29 is 0 Å². The van der Waals surface area contributed by atoms with Gasteiger partial charge in [-0.25, -0.2) is 19.1 Å². The molecule has 12 nitrogen and oxygen atoms in total. The Kier molecular flexibility index (Phi) is 3.76. The molecule has 4 rings (SSSR count). The van der Waals surface area contributed by atoms with Crippen molar-refractivity contribution in [2.24, 2.45) is 0 Å². The molecule has 4 aromatic rings. The van der Waals surface area contributed by atoms with Crippen molar-refractivity contribution in [3.63, 3.8) is 0 Å². The number of hydrogen-bond donors (Lipinski definition) is 0. The van der Waals surface area contributed by atoms with E-state index in [2.05, 4.69) is 9.97 Å². The van der Waals surface area contributed by atoms with Crippen molar-refractivity contribution >= 4 is 32.8 Å². The zero-order chi connectivity index (χ0) is 21.4. The number of benzene rings is 1. The molecule has 1 aromatic carbocycles. The van der Waals surface area contributed by atoms with Gasteiger partial charge in [-0.3, -0.25) is 0 Å². The van der Waals surface area contributed by atoms with Crippen LogP contribution < -0.4 is 0 Å². The highest BCUT2D eigenvalue weighted by atomic mass is 15.4. The summed E-state index contributed by atoms with van der Waals surface area (Å²) in [5, 5.41) is 58.6. The van der Waals surface area contributed by atoms with Gasteiger partial charge in [0.2, 0.25) is 12.4 Å². The number of fused-ring (bicyclic) bond motifs is 6. The van der Waals surface area contributed by atoms with E-state index in [0.717, 1.165) is 18.5 Å². The number of rotatable bonds is 0. The summed E-state index contributed by atoms with van der Waals surface area (Å²) in [6, 6.07) is 5.05. The van der Waals surface area contributed by atoms with Crippen LogP contribution in [0.4, 0.5) is 0 Å². The minimum Gasteiger partial charge on any atom is -0.244 e. The van der Waals surface area contributed by atoms with E-state index in [9.17, 15) is 31.6 Å². The first-order valence-electron chi connectivity index (χ1n) is 7.97. The average Bonchev–Trinajstić information content (AvgIpc) is 2.80. The molecule has 0 aliphatic heterocycles. The Bertz CT molecular complexity index is 1690. The van der Waals surface area contributed by atoms with Crippen LogP contribution in [0.5, 0.6) is 0 Å². The van der Waals surface area contributed by atoms with Crippen LogP contribution >= 0.6 is 0 Å². The lowest BCUT2D eigenvalue weighted by Crippen LogP contribution is -2.16. The molecule has 136 valence electrons. The molecule has 30 heavy (non-hydrogen) atoms. The Morgan fingerprint density at radius 1 is 0.733 bits per heavy atom. The predicted octanol–water partition coefficient (Wildman–Crippen LogP) is 1.33. The zero-order valence-corrected chi connectivity index (χ0v) is 14.7. The predicted molar refractivity (Wildman–Crippen MR) is 97.6 cm³/mol. The molecule has 0 bridgehead atoms. The Balaban J connectivity index is 2.63. The topological polar surface area (TPSA) is 188 Å². The van der Waals surface area contributed by atoms with E-state index in [4.69, 9.17) is 0 Å². The van der Waals surface area contributed by atoms with Gasteiger partial charge in [0.1, 0.15) is 29.5 Å². The third-order valence-electron chi connectivity index (χ3n) is 4.46. The molecule has 0 atom stereocenters. The third-order valence-corrected chi connectivity index (χ3v) is 4.46. The van der Waals surface area contributed by atoms with Gasteiger partial charge in [0.15, 0.2) is 23.8 Å². The second kappa shape index (κ2) is 6.41. The fourth-order valence-electron chi connectivity index (χ4n) is 3.34. The van der Waals surface area contributed by atoms with Gasteiger partial charge in [0, 0.05) is 23.2 Å². The van der Waals surface area contributed by atoms with Crippen molar-refractivity contribution in [1.82, 2.24) is 28.5 Å². The number of aromatic nitrogens is 6. The molecule has 0 fully saturated rings. The molecule has 0 spiro atoms. The Hall–Kier alpha value is -5.82.